The number of hydrogen-bond donors (Lipinski definition) is 0. The third-order valence-corrected chi connectivity index (χ3v) is 5.20. The van der Waals surface area contributed by atoms with Gasteiger partial charge >= 0.3 is 0 Å². The van der Waals surface area contributed by atoms with Gasteiger partial charge in [0.2, 0.25) is 0 Å². The number of hydrogen-bond acceptors (Lipinski definition) is 1. The van der Waals surface area contributed by atoms with E-state index in [4.69, 9.17) is 0 Å². The fourth-order valence-electron chi connectivity index (χ4n) is 4.04. The molecule has 1 nitrogen and oxygen atoms in total. The highest BCUT2D eigenvalue weighted by molar-refractivity contribution is 5.83. The highest BCUT2D eigenvalue weighted by Crippen LogP contribution is 2.35. The molecule has 0 aromatic rings. The highest BCUT2D eigenvalue weighted by Gasteiger charge is 2.30. The molecule has 2 aliphatic carbocycles. The minimum atomic E-state index is 0.431. The standard InChI is InChI=1S/C17H30O/c1-2-7-14-10-12-16(13-11-14)17(18)15-8-5-3-4-6-9-15/h14-16H,2-13H2,1H3. The van der Waals surface area contributed by atoms with E-state index in [-0.39, 0.29) is 0 Å². The van der Waals surface area contributed by atoms with Crippen LogP contribution in [0.25, 0.3) is 0 Å². The van der Waals surface area contributed by atoms with Gasteiger partial charge in [0.05, 0.1) is 0 Å². The second-order valence-electron chi connectivity index (χ2n) is 6.60. The molecule has 0 bridgehead atoms. The van der Waals surface area contributed by atoms with E-state index < -0.39 is 0 Å². The lowest BCUT2D eigenvalue weighted by Gasteiger charge is -2.29. The molecule has 1 heteroatoms. The van der Waals surface area contributed by atoms with Crippen LogP contribution in [0.3, 0.4) is 0 Å². The third-order valence-electron chi connectivity index (χ3n) is 5.20. The summed E-state index contributed by atoms with van der Waals surface area (Å²) in [4.78, 5) is 12.6. The molecular formula is C17H30O. The lowest BCUT2D eigenvalue weighted by Crippen LogP contribution is -2.27. The quantitative estimate of drug-likeness (QED) is 0.632. The van der Waals surface area contributed by atoms with Crippen LogP contribution >= 0.6 is 0 Å². The molecule has 2 rings (SSSR count). The zero-order chi connectivity index (χ0) is 12.8. The van der Waals surface area contributed by atoms with Crippen molar-refractivity contribution in [2.75, 3.05) is 0 Å². The number of rotatable bonds is 4. The van der Waals surface area contributed by atoms with Crippen molar-refractivity contribution in [3.63, 3.8) is 0 Å². The molecule has 104 valence electrons. The van der Waals surface area contributed by atoms with Crippen molar-refractivity contribution >= 4 is 5.78 Å². The Balaban J connectivity index is 1.79. The zero-order valence-electron chi connectivity index (χ0n) is 12.1. The Morgan fingerprint density at radius 3 is 1.94 bits per heavy atom. The second kappa shape index (κ2) is 7.31. The van der Waals surface area contributed by atoms with E-state index in [1.807, 2.05) is 0 Å². The van der Waals surface area contributed by atoms with Gasteiger partial charge in [0, 0.05) is 11.8 Å². The molecule has 0 spiro atoms. The Morgan fingerprint density at radius 1 is 0.833 bits per heavy atom. The summed E-state index contributed by atoms with van der Waals surface area (Å²) >= 11 is 0. The number of carbonyl (C=O) groups excluding carboxylic acids is 1. The molecule has 0 atom stereocenters. The van der Waals surface area contributed by atoms with Gasteiger partial charge in [-0.2, -0.15) is 0 Å². The molecule has 2 fully saturated rings. The molecule has 0 saturated heterocycles. The summed E-state index contributed by atoms with van der Waals surface area (Å²) in [6, 6.07) is 0. The van der Waals surface area contributed by atoms with E-state index in [1.54, 1.807) is 0 Å². The van der Waals surface area contributed by atoms with Crippen molar-refractivity contribution in [3.05, 3.63) is 0 Å². The summed E-state index contributed by atoms with van der Waals surface area (Å²) in [6.45, 7) is 2.28. The summed E-state index contributed by atoms with van der Waals surface area (Å²) in [6.07, 6.45) is 15.4. The van der Waals surface area contributed by atoms with E-state index in [0.29, 0.717) is 17.6 Å². The number of carbonyl (C=O) groups is 1. The van der Waals surface area contributed by atoms with E-state index in [0.717, 1.165) is 5.92 Å². The van der Waals surface area contributed by atoms with Crippen molar-refractivity contribution in [3.8, 4) is 0 Å². The van der Waals surface area contributed by atoms with Crippen LogP contribution in [0.1, 0.15) is 84.0 Å². The number of Topliss-reactive ketones (excluding diaryl/α,β-unsaturated/α-hetero) is 1. The molecule has 0 heterocycles. The molecule has 0 aromatic carbocycles. The normalized spacial score (nSPS) is 30.9. The minimum absolute atomic E-state index is 0.431. The molecule has 0 unspecified atom stereocenters. The Morgan fingerprint density at radius 2 is 1.39 bits per heavy atom. The van der Waals surface area contributed by atoms with Crippen LogP contribution in [0.15, 0.2) is 0 Å². The highest BCUT2D eigenvalue weighted by atomic mass is 16.1. The van der Waals surface area contributed by atoms with E-state index in [2.05, 4.69) is 6.92 Å². The fourth-order valence-corrected chi connectivity index (χ4v) is 4.04. The van der Waals surface area contributed by atoms with Gasteiger partial charge in [-0.05, 0) is 44.4 Å². The predicted molar refractivity (Wildman–Crippen MR) is 76.6 cm³/mol. The SMILES string of the molecule is CCCC1CCC(C(=O)C2CCCCCC2)CC1. The minimum Gasteiger partial charge on any atom is -0.299 e. The molecule has 0 N–H and O–H groups in total. The third kappa shape index (κ3) is 3.83. The molecule has 0 aromatic heterocycles. The first-order chi connectivity index (χ1) is 8.81. The molecule has 18 heavy (non-hydrogen) atoms. The average molecular weight is 250 g/mol. The van der Waals surface area contributed by atoms with Gasteiger partial charge in [-0.25, -0.2) is 0 Å². The monoisotopic (exact) mass is 250 g/mol. The van der Waals surface area contributed by atoms with E-state index in [1.165, 1.54) is 77.0 Å². The van der Waals surface area contributed by atoms with Crippen LogP contribution in [0, 0.1) is 17.8 Å². The largest absolute Gasteiger partial charge is 0.299 e. The van der Waals surface area contributed by atoms with Gasteiger partial charge in [-0.1, -0.05) is 45.4 Å². The first-order valence-electron chi connectivity index (χ1n) is 8.35. The van der Waals surface area contributed by atoms with Crippen LogP contribution in [0.4, 0.5) is 0 Å². The fraction of sp³-hybridized carbons (Fsp3) is 0.941. The molecule has 0 amide bonds. The Bertz CT molecular complexity index is 242. The molecule has 2 saturated carbocycles. The molecule has 2 aliphatic rings. The second-order valence-corrected chi connectivity index (χ2v) is 6.60. The summed E-state index contributed by atoms with van der Waals surface area (Å²) < 4.78 is 0. The molecule has 0 aliphatic heterocycles. The van der Waals surface area contributed by atoms with Crippen molar-refractivity contribution in [1.29, 1.82) is 0 Å². The first-order valence-corrected chi connectivity index (χ1v) is 8.35. The van der Waals surface area contributed by atoms with Crippen LogP contribution in [-0.4, -0.2) is 5.78 Å². The van der Waals surface area contributed by atoms with Crippen LogP contribution in [-0.2, 0) is 4.79 Å². The Hall–Kier alpha value is -0.330. The van der Waals surface area contributed by atoms with E-state index in [9.17, 15) is 4.79 Å². The van der Waals surface area contributed by atoms with Crippen molar-refractivity contribution < 1.29 is 4.79 Å². The molecular weight excluding hydrogens is 220 g/mol. The van der Waals surface area contributed by atoms with Gasteiger partial charge in [0.25, 0.3) is 0 Å². The Kier molecular flexibility index (Phi) is 5.72. The zero-order valence-corrected chi connectivity index (χ0v) is 12.1. The Labute approximate surface area is 113 Å². The topological polar surface area (TPSA) is 17.1 Å². The van der Waals surface area contributed by atoms with Crippen molar-refractivity contribution in [2.45, 2.75) is 84.0 Å². The van der Waals surface area contributed by atoms with Crippen molar-refractivity contribution in [1.82, 2.24) is 0 Å². The lowest BCUT2D eigenvalue weighted by atomic mass is 9.75. The van der Waals surface area contributed by atoms with Crippen molar-refractivity contribution in [2.24, 2.45) is 17.8 Å². The lowest BCUT2D eigenvalue weighted by molar-refractivity contribution is -0.128. The first kappa shape index (κ1) is 14.1. The van der Waals surface area contributed by atoms with Crippen LogP contribution < -0.4 is 0 Å². The summed E-state index contributed by atoms with van der Waals surface area (Å²) in [7, 11) is 0. The van der Waals surface area contributed by atoms with Gasteiger partial charge < -0.3 is 0 Å². The molecule has 0 radical (unpaired) electrons. The summed E-state index contributed by atoms with van der Waals surface area (Å²) in [5.41, 5.74) is 0. The maximum atomic E-state index is 12.6. The maximum absolute atomic E-state index is 12.6. The summed E-state index contributed by atoms with van der Waals surface area (Å²) in [5, 5.41) is 0. The van der Waals surface area contributed by atoms with Gasteiger partial charge in [0.15, 0.2) is 0 Å². The van der Waals surface area contributed by atoms with Crippen LogP contribution in [0.2, 0.25) is 0 Å². The van der Waals surface area contributed by atoms with Gasteiger partial charge in [-0.3, -0.25) is 4.79 Å². The van der Waals surface area contributed by atoms with Gasteiger partial charge in [0.1, 0.15) is 5.78 Å². The van der Waals surface area contributed by atoms with E-state index >= 15 is 0 Å². The maximum Gasteiger partial charge on any atom is 0.139 e. The summed E-state index contributed by atoms with van der Waals surface area (Å²) in [5.74, 6) is 2.43. The smallest absolute Gasteiger partial charge is 0.139 e. The predicted octanol–water partition coefficient (Wildman–Crippen LogP) is 5.13. The average Bonchev–Trinajstić information content (AvgIpc) is 2.68. The van der Waals surface area contributed by atoms with Gasteiger partial charge in [-0.15, -0.1) is 0 Å². The van der Waals surface area contributed by atoms with Crippen LogP contribution in [0.5, 0.6) is 0 Å². The number of ketones is 1.